The Hall–Kier alpha value is -1.24. The maximum atomic E-state index is 12.2. The second kappa shape index (κ2) is 4.21. The van der Waals surface area contributed by atoms with Gasteiger partial charge in [0.1, 0.15) is 4.90 Å². The quantitative estimate of drug-likeness (QED) is 0.887. The third kappa shape index (κ3) is 2.11. The Morgan fingerprint density at radius 3 is 2.47 bits per heavy atom. The van der Waals surface area contributed by atoms with E-state index in [-0.39, 0.29) is 20.6 Å². The molecule has 0 aliphatic rings. The van der Waals surface area contributed by atoms with Crippen molar-refractivity contribution in [2.24, 2.45) is 0 Å². The normalized spacial score (nSPS) is 11.6. The number of nitrogens with one attached hydrogen (secondary N) is 1. The monoisotopic (exact) mass is 291 g/mol. The molecule has 1 aromatic carbocycles. The molecule has 0 fully saturated rings. The summed E-state index contributed by atoms with van der Waals surface area (Å²) in [4.78, 5) is -0.168. The van der Waals surface area contributed by atoms with Crippen molar-refractivity contribution in [3.05, 3.63) is 34.4 Å². The summed E-state index contributed by atoms with van der Waals surface area (Å²) in [5, 5.41) is 6.34. The van der Waals surface area contributed by atoms with Gasteiger partial charge in [0.05, 0.1) is 9.92 Å². The molecule has 90 valence electrons. The number of sulfone groups is 1. The number of benzene rings is 1. The number of hydrogen-bond acceptors (Lipinski definition) is 4. The summed E-state index contributed by atoms with van der Waals surface area (Å²) in [6, 6.07) is 4.12. The van der Waals surface area contributed by atoms with Crippen LogP contribution in [0.25, 0.3) is 0 Å². The molecule has 2 rings (SSSR count). The fourth-order valence-electron chi connectivity index (χ4n) is 1.32. The lowest BCUT2D eigenvalue weighted by atomic mass is 10.4. The fraction of sp³-hybridized carbons (Fsp3) is 0. The molecule has 5 nitrogen and oxygen atoms in total. The molecule has 0 atom stereocenters. The van der Waals surface area contributed by atoms with E-state index in [0.717, 1.165) is 0 Å². The van der Waals surface area contributed by atoms with Gasteiger partial charge >= 0.3 is 0 Å². The van der Waals surface area contributed by atoms with Crippen LogP contribution < -0.4 is 5.73 Å². The SMILES string of the molecule is Nc1n[nH]cc1S(=O)(=O)c1ccc(Cl)cc1Cl. The molecule has 1 heterocycles. The first-order valence-electron chi connectivity index (χ1n) is 4.42. The number of halogens is 2. The summed E-state index contributed by atoms with van der Waals surface area (Å²) < 4.78 is 24.4. The van der Waals surface area contributed by atoms with Crippen LogP contribution in [0.4, 0.5) is 5.82 Å². The number of nitrogens with two attached hydrogens (primary N) is 1. The predicted molar refractivity (Wildman–Crippen MR) is 64.9 cm³/mol. The Kier molecular flexibility index (Phi) is 3.03. The molecular formula is C9H7Cl2N3O2S. The molecule has 0 radical (unpaired) electrons. The molecule has 1 aromatic heterocycles. The number of rotatable bonds is 2. The molecule has 0 saturated heterocycles. The molecular weight excluding hydrogens is 285 g/mol. The molecule has 17 heavy (non-hydrogen) atoms. The molecule has 0 spiro atoms. The summed E-state index contributed by atoms with van der Waals surface area (Å²) in [7, 11) is -3.78. The Labute approximate surface area is 107 Å². The van der Waals surface area contributed by atoms with Gasteiger partial charge in [-0.25, -0.2) is 8.42 Å². The van der Waals surface area contributed by atoms with Crippen molar-refractivity contribution in [2.45, 2.75) is 9.79 Å². The van der Waals surface area contributed by atoms with Crippen molar-refractivity contribution in [3.63, 3.8) is 0 Å². The topological polar surface area (TPSA) is 88.8 Å². The first-order valence-corrected chi connectivity index (χ1v) is 6.66. The van der Waals surface area contributed by atoms with Gasteiger partial charge in [-0.3, -0.25) is 5.10 Å². The van der Waals surface area contributed by atoms with E-state index < -0.39 is 9.84 Å². The number of aromatic nitrogens is 2. The highest BCUT2D eigenvalue weighted by Crippen LogP contribution is 2.31. The third-order valence-corrected chi connectivity index (χ3v) is 4.61. The maximum absolute atomic E-state index is 12.2. The van der Waals surface area contributed by atoms with Crippen LogP contribution >= 0.6 is 23.2 Å². The second-order valence-corrected chi connectivity index (χ2v) is 5.94. The zero-order valence-corrected chi connectivity index (χ0v) is 10.6. The first-order chi connectivity index (χ1) is 7.93. The van der Waals surface area contributed by atoms with Crippen molar-refractivity contribution < 1.29 is 8.42 Å². The molecule has 0 saturated carbocycles. The molecule has 0 aliphatic heterocycles. The number of nitrogen functional groups attached to an aromatic ring is 1. The molecule has 0 unspecified atom stereocenters. The van der Waals surface area contributed by atoms with Gasteiger partial charge in [0.25, 0.3) is 0 Å². The minimum absolute atomic E-state index is 0.0399. The van der Waals surface area contributed by atoms with Crippen molar-refractivity contribution in [2.75, 3.05) is 5.73 Å². The van der Waals surface area contributed by atoms with E-state index >= 15 is 0 Å². The van der Waals surface area contributed by atoms with Crippen LogP contribution in [-0.4, -0.2) is 18.6 Å². The third-order valence-electron chi connectivity index (χ3n) is 2.11. The summed E-state index contributed by atoms with van der Waals surface area (Å²) in [5.41, 5.74) is 5.45. The molecule has 0 amide bonds. The number of H-pyrrole nitrogens is 1. The fourth-order valence-corrected chi connectivity index (χ4v) is 3.36. The van der Waals surface area contributed by atoms with Gasteiger partial charge in [-0.1, -0.05) is 23.2 Å². The van der Waals surface area contributed by atoms with Crippen molar-refractivity contribution in [1.29, 1.82) is 0 Å². The summed E-state index contributed by atoms with van der Waals surface area (Å²) >= 11 is 11.5. The van der Waals surface area contributed by atoms with Crippen LogP contribution in [-0.2, 0) is 9.84 Å². The van der Waals surface area contributed by atoms with E-state index in [1.165, 1.54) is 24.4 Å². The highest BCUT2D eigenvalue weighted by molar-refractivity contribution is 7.91. The lowest BCUT2D eigenvalue weighted by Crippen LogP contribution is -2.04. The zero-order valence-electron chi connectivity index (χ0n) is 8.31. The predicted octanol–water partition coefficient (Wildman–Crippen LogP) is 2.13. The number of aromatic amines is 1. The average Bonchev–Trinajstić information content (AvgIpc) is 2.64. The minimum atomic E-state index is -3.78. The van der Waals surface area contributed by atoms with Crippen LogP contribution in [0.15, 0.2) is 34.2 Å². The highest BCUT2D eigenvalue weighted by Gasteiger charge is 2.24. The standard InChI is InChI=1S/C9H7Cl2N3O2S/c10-5-1-2-7(6(11)3-5)17(15,16)8-4-13-14-9(8)12/h1-4H,(H3,12,13,14). The van der Waals surface area contributed by atoms with Gasteiger partial charge in [-0.2, -0.15) is 5.10 Å². The van der Waals surface area contributed by atoms with Crippen molar-refractivity contribution in [3.8, 4) is 0 Å². The average molecular weight is 292 g/mol. The Morgan fingerprint density at radius 1 is 1.24 bits per heavy atom. The Morgan fingerprint density at radius 2 is 1.94 bits per heavy atom. The van der Waals surface area contributed by atoms with Gasteiger partial charge in [0.2, 0.25) is 9.84 Å². The van der Waals surface area contributed by atoms with Crippen molar-refractivity contribution >= 4 is 38.9 Å². The Balaban J connectivity index is 2.65. The molecule has 3 N–H and O–H groups in total. The molecule has 0 bridgehead atoms. The van der Waals surface area contributed by atoms with E-state index in [4.69, 9.17) is 28.9 Å². The molecule has 0 aliphatic carbocycles. The van der Waals surface area contributed by atoms with Gasteiger partial charge in [0, 0.05) is 11.2 Å². The zero-order chi connectivity index (χ0) is 12.6. The van der Waals surface area contributed by atoms with Crippen LogP contribution in [0.3, 0.4) is 0 Å². The first kappa shape index (κ1) is 12.2. The van der Waals surface area contributed by atoms with Crippen molar-refractivity contribution in [1.82, 2.24) is 10.2 Å². The summed E-state index contributed by atoms with van der Waals surface area (Å²) in [6.45, 7) is 0. The smallest absolute Gasteiger partial charge is 0.213 e. The van der Waals surface area contributed by atoms with Gasteiger partial charge < -0.3 is 5.73 Å². The van der Waals surface area contributed by atoms with Crippen LogP contribution in [0.1, 0.15) is 0 Å². The summed E-state index contributed by atoms with van der Waals surface area (Å²) in [6.07, 6.45) is 1.20. The van der Waals surface area contributed by atoms with Crippen LogP contribution in [0, 0.1) is 0 Å². The lowest BCUT2D eigenvalue weighted by Gasteiger charge is -2.05. The molecule has 2 aromatic rings. The van der Waals surface area contributed by atoms with E-state index in [1.54, 1.807) is 0 Å². The number of anilines is 1. The van der Waals surface area contributed by atoms with E-state index in [9.17, 15) is 8.42 Å². The number of hydrogen-bond donors (Lipinski definition) is 2. The van der Waals surface area contributed by atoms with E-state index in [2.05, 4.69) is 10.2 Å². The highest BCUT2D eigenvalue weighted by atomic mass is 35.5. The van der Waals surface area contributed by atoms with E-state index in [1.807, 2.05) is 0 Å². The van der Waals surface area contributed by atoms with Gasteiger partial charge in [-0.05, 0) is 18.2 Å². The van der Waals surface area contributed by atoms with E-state index in [0.29, 0.717) is 5.02 Å². The summed E-state index contributed by atoms with van der Waals surface area (Å²) in [5.74, 6) is -0.101. The minimum Gasteiger partial charge on any atom is -0.381 e. The second-order valence-electron chi connectivity index (χ2n) is 3.21. The Bertz CT molecular complexity index is 667. The number of nitrogens with zero attached hydrogens (tertiary/aromatic N) is 1. The molecule has 8 heteroatoms. The van der Waals surface area contributed by atoms with Crippen LogP contribution in [0.5, 0.6) is 0 Å². The van der Waals surface area contributed by atoms with Crippen LogP contribution in [0.2, 0.25) is 10.0 Å². The lowest BCUT2D eigenvalue weighted by molar-refractivity contribution is 0.596. The van der Waals surface area contributed by atoms with Gasteiger partial charge in [-0.15, -0.1) is 0 Å². The van der Waals surface area contributed by atoms with Gasteiger partial charge in [0.15, 0.2) is 5.82 Å². The maximum Gasteiger partial charge on any atom is 0.213 e. The largest absolute Gasteiger partial charge is 0.381 e.